The predicted octanol–water partition coefficient (Wildman–Crippen LogP) is 19.4. The fraction of sp³-hybridized carbons (Fsp3) is 0.803. The van der Waals surface area contributed by atoms with Crippen LogP contribution < -0.4 is 0 Å². The van der Waals surface area contributed by atoms with Gasteiger partial charge in [0.1, 0.15) is 6.61 Å². The van der Waals surface area contributed by atoms with Gasteiger partial charge in [0.2, 0.25) is 0 Å². The number of ether oxygens (including phenoxy) is 2. The highest BCUT2D eigenvalue weighted by Crippen LogP contribution is 2.17. The molecule has 0 aromatic carbocycles. The Morgan fingerprint density at radius 3 is 0.939 bits per heavy atom. The van der Waals surface area contributed by atoms with E-state index in [0.717, 1.165) is 64.2 Å². The second-order valence-corrected chi connectivity index (χ2v) is 19.4. The highest BCUT2D eigenvalue weighted by molar-refractivity contribution is 5.70. The summed E-state index contributed by atoms with van der Waals surface area (Å²) in [6.45, 7) is 4.12. The van der Waals surface area contributed by atoms with Crippen molar-refractivity contribution >= 4 is 11.9 Å². The fourth-order valence-electron chi connectivity index (χ4n) is 8.42. The Balaban J connectivity index is 3.44. The zero-order valence-corrected chi connectivity index (χ0v) is 44.0. The predicted molar refractivity (Wildman–Crippen MR) is 288 cm³/mol. The van der Waals surface area contributed by atoms with Crippen LogP contribution >= 0.6 is 0 Å². The van der Waals surface area contributed by atoms with Crippen LogP contribution in [0.15, 0.2) is 60.8 Å². The molecule has 0 aliphatic heterocycles. The highest BCUT2D eigenvalue weighted by Gasteiger charge is 2.16. The molecule has 0 saturated carbocycles. The van der Waals surface area contributed by atoms with Crippen molar-refractivity contribution in [2.45, 2.75) is 302 Å². The highest BCUT2D eigenvalue weighted by atomic mass is 16.6. The van der Waals surface area contributed by atoms with Gasteiger partial charge in [0.05, 0.1) is 6.61 Å². The van der Waals surface area contributed by atoms with Crippen molar-refractivity contribution in [3.63, 3.8) is 0 Å². The first-order valence-corrected chi connectivity index (χ1v) is 28.8. The number of aliphatic hydroxyl groups excluding tert-OH is 1. The zero-order valence-electron chi connectivity index (χ0n) is 44.0. The average Bonchev–Trinajstić information content (AvgIpc) is 3.32. The molecule has 0 spiro atoms. The lowest BCUT2D eigenvalue weighted by Gasteiger charge is -2.15. The molecule has 1 N–H and O–H groups in total. The third-order valence-corrected chi connectivity index (χ3v) is 12.8. The Hall–Kier alpha value is -2.40. The van der Waals surface area contributed by atoms with Crippen molar-refractivity contribution in [1.29, 1.82) is 0 Å². The van der Waals surface area contributed by atoms with Gasteiger partial charge in [0.15, 0.2) is 6.10 Å². The zero-order chi connectivity index (χ0) is 47.7. The third-order valence-electron chi connectivity index (χ3n) is 12.8. The quantitative estimate of drug-likeness (QED) is 0.0374. The molecular weight excluding hydrogens is 813 g/mol. The van der Waals surface area contributed by atoms with Gasteiger partial charge in [-0.2, -0.15) is 0 Å². The molecule has 0 radical (unpaired) electrons. The lowest BCUT2D eigenvalue weighted by molar-refractivity contribution is -0.161. The van der Waals surface area contributed by atoms with E-state index >= 15 is 0 Å². The normalized spacial score (nSPS) is 12.6. The summed E-state index contributed by atoms with van der Waals surface area (Å²) >= 11 is 0. The molecule has 0 aliphatic rings. The van der Waals surface area contributed by atoms with Crippen LogP contribution in [0.3, 0.4) is 0 Å². The van der Waals surface area contributed by atoms with Gasteiger partial charge in [-0.15, -0.1) is 0 Å². The molecule has 0 amide bonds. The first kappa shape index (κ1) is 63.6. The maximum absolute atomic E-state index is 12.3. The Morgan fingerprint density at radius 2 is 0.606 bits per heavy atom. The number of carbonyl (C=O) groups is 2. The topological polar surface area (TPSA) is 72.8 Å². The molecular formula is C61H110O5. The van der Waals surface area contributed by atoms with E-state index in [4.69, 9.17) is 9.47 Å². The number of unbranched alkanes of at least 4 members (excludes halogenated alkanes) is 35. The number of hydrogen-bond acceptors (Lipinski definition) is 5. The van der Waals surface area contributed by atoms with E-state index in [2.05, 4.69) is 74.6 Å². The summed E-state index contributed by atoms with van der Waals surface area (Å²) in [6.07, 6.45) is 76.3. The van der Waals surface area contributed by atoms with Crippen molar-refractivity contribution in [2.24, 2.45) is 0 Å². The summed E-state index contributed by atoms with van der Waals surface area (Å²) in [5.74, 6) is -0.595. The van der Waals surface area contributed by atoms with Crippen LogP contribution in [0.5, 0.6) is 0 Å². The molecule has 66 heavy (non-hydrogen) atoms. The van der Waals surface area contributed by atoms with Crippen LogP contribution in [-0.2, 0) is 19.1 Å². The van der Waals surface area contributed by atoms with Crippen LogP contribution in [-0.4, -0.2) is 36.4 Å². The van der Waals surface area contributed by atoms with Crippen molar-refractivity contribution < 1.29 is 24.2 Å². The molecule has 0 aromatic heterocycles. The molecule has 0 bridgehead atoms. The van der Waals surface area contributed by atoms with Crippen molar-refractivity contribution in [2.75, 3.05) is 13.2 Å². The monoisotopic (exact) mass is 923 g/mol. The van der Waals surface area contributed by atoms with Gasteiger partial charge in [-0.05, 0) is 83.5 Å². The van der Waals surface area contributed by atoms with Crippen molar-refractivity contribution in [1.82, 2.24) is 0 Å². The number of hydrogen-bond donors (Lipinski definition) is 1. The smallest absolute Gasteiger partial charge is 0.306 e. The summed E-state index contributed by atoms with van der Waals surface area (Å²) in [5.41, 5.74) is 0. The van der Waals surface area contributed by atoms with E-state index in [9.17, 15) is 14.7 Å². The molecule has 1 atom stereocenters. The molecule has 0 aromatic rings. The fourth-order valence-corrected chi connectivity index (χ4v) is 8.42. The van der Waals surface area contributed by atoms with E-state index < -0.39 is 6.10 Å². The summed E-state index contributed by atoms with van der Waals surface area (Å²) in [7, 11) is 0. The van der Waals surface area contributed by atoms with Crippen LogP contribution in [0.2, 0.25) is 0 Å². The maximum atomic E-state index is 12.3. The lowest BCUT2D eigenvalue weighted by atomic mass is 10.0. The molecule has 0 heterocycles. The largest absolute Gasteiger partial charge is 0.462 e. The minimum Gasteiger partial charge on any atom is -0.462 e. The van der Waals surface area contributed by atoms with Crippen molar-refractivity contribution in [3.05, 3.63) is 60.8 Å². The number of allylic oxidation sites excluding steroid dienone is 10. The molecule has 0 rings (SSSR count). The average molecular weight is 924 g/mol. The Kier molecular flexibility index (Phi) is 54.9. The van der Waals surface area contributed by atoms with Crippen LogP contribution in [0.1, 0.15) is 296 Å². The van der Waals surface area contributed by atoms with Gasteiger partial charge in [0, 0.05) is 12.8 Å². The second-order valence-electron chi connectivity index (χ2n) is 19.4. The van der Waals surface area contributed by atoms with E-state index in [0.29, 0.717) is 12.8 Å². The number of carbonyl (C=O) groups excluding carboxylic acids is 2. The van der Waals surface area contributed by atoms with E-state index in [1.165, 1.54) is 205 Å². The lowest BCUT2D eigenvalue weighted by Crippen LogP contribution is -2.28. The Bertz CT molecular complexity index is 1130. The maximum Gasteiger partial charge on any atom is 0.306 e. The molecule has 0 saturated heterocycles. The van der Waals surface area contributed by atoms with E-state index in [1.54, 1.807) is 0 Å². The molecule has 0 aliphatic carbocycles. The number of rotatable bonds is 53. The third kappa shape index (κ3) is 54.2. The number of aliphatic hydroxyl groups is 1. The molecule has 384 valence electrons. The first-order chi connectivity index (χ1) is 32.6. The molecule has 1 unspecified atom stereocenters. The number of esters is 2. The summed E-state index contributed by atoms with van der Waals surface area (Å²) < 4.78 is 10.7. The van der Waals surface area contributed by atoms with Gasteiger partial charge < -0.3 is 14.6 Å². The van der Waals surface area contributed by atoms with E-state index in [1.807, 2.05) is 0 Å². The minimum absolute atomic E-state index is 0.0699. The summed E-state index contributed by atoms with van der Waals surface area (Å²) in [6, 6.07) is 0. The molecule has 0 fully saturated rings. The first-order valence-electron chi connectivity index (χ1n) is 28.8. The van der Waals surface area contributed by atoms with Gasteiger partial charge in [0.25, 0.3) is 0 Å². The molecule has 5 heteroatoms. The van der Waals surface area contributed by atoms with Gasteiger partial charge in [-0.3, -0.25) is 9.59 Å². The van der Waals surface area contributed by atoms with Crippen LogP contribution in [0.25, 0.3) is 0 Å². The van der Waals surface area contributed by atoms with E-state index in [-0.39, 0.29) is 25.2 Å². The van der Waals surface area contributed by atoms with Crippen molar-refractivity contribution in [3.8, 4) is 0 Å². The second kappa shape index (κ2) is 56.9. The summed E-state index contributed by atoms with van der Waals surface area (Å²) in [4.78, 5) is 24.5. The van der Waals surface area contributed by atoms with Gasteiger partial charge in [-0.25, -0.2) is 0 Å². The standard InChI is InChI=1S/C61H110O5/c1-3-5-7-9-11-13-15-17-19-21-23-24-25-26-27-28-29-30-31-32-33-34-35-36-38-39-41-43-45-47-49-51-53-55-60(63)65-58-59(57-62)66-61(64)56-54-52-50-48-46-44-42-40-37-22-20-18-16-14-12-10-8-6-4-2/h12,14-15,17-18,20-21,23,37,40,59,62H,3-11,13,16,19,22,24-36,38-39,41-58H2,1-2H3/b14-12-,17-15-,20-18-,23-21-,40-37-. The Morgan fingerprint density at radius 1 is 0.348 bits per heavy atom. The van der Waals surface area contributed by atoms with Crippen LogP contribution in [0.4, 0.5) is 0 Å². The van der Waals surface area contributed by atoms with Gasteiger partial charge >= 0.3 is 11.9 Å². The Labute approximate surface area is 411 Å². The SMILES string of the molecule is CCCCC/C=C\C/C=C\C/C=C\CCCCCCCCC(=O)OC(CO)COC(=O)CCCCCCCCCCCCCCCCCCCCCCC/C=C\C/C=C\CCCCCCC. The summed E-state index contributed by atoms with van der Waals surface area (Å²) in [5, 5.41) is 9.64. The minimum atomic E-state index is -0.780. The molecule has 5 nitrogen and oxygen atoms in total. The van der Waals surface area contributed by atoms with Crippen LogP contribution in [0, 0.1) is 0 Å². The van der Waals surface area contributed by atoms with Gasteiger partial charge in [-0.1, -0.05) is 261 Å².